The predicted octanol–water partition coefficient (Wildman–Crippen LogP) is 2.86. The normalized spacial score (nSPS) is 14.6. The molecule has 1 fully saturated rings. The van der Waals surface area contributed by atoms with Gasteiger partial charge < -0.3 is 10.1 Å². The van der Waals surface area contributed by atoms with E-state index in [4.69, 9.17) is 4.74 Å². The number of hydrogen-bond donors (Lipinski definition) is 1. The first-order chi connectivity index (χ1) is 16.4. The van der Waals surface area contributed by atoms with E-state index in [-0.39, 0.29) is 17.2 Å². The Bertz CT molecular complexity index is 1270. The molecule has 0 aliphatic carbocycles. The molecule has 0 saturated carbocycles. The Hall–Kier alpha value is -3.31. The first-order valence-electron chi connectivity index (χ1n) is 11.3. The molecule has 180 valence electrons. The van der Waals surface area contributed by atoms with Gasteiger partial charge in [-0.3, -0.25) is 4.79 Å². The maximum atomic E-state index is 13.3. The summed E-state index contributed by atoms with van der Waals surface area (Å²) in [5.74, 6) is 0.299. The van der Waals surface area contributed by atoms with Crippen LogP contribution in [-0.4, -0.2) is 58.5 Å². The lowest BCUT2D eigenvalue weighted by atomic mass is 10.1. The zero-order valence-corrected chi connectivity index (χ0v) is 20.1. The summed E-state index contributed by atoms with van der Waals surface area (Å²) in [6.45, 7) is 4.86. The van der Waals surface area contributed by atoms with Crippen LogP contribution in [0.5, 0.6) is 5.75 Å². The molecule has 2 heterocycles. The van der Waals surface area contributed by atoms with Gasteiger partial charge >= 0.3 is 0 Å². The lowest BCUT2D eigenvalue weighted by Crippen LogP contribution is -2.35. The molecule has 0 spiro atoms. The van der Waals surface area contributed by atoms with Crippen LogP contribution in [0.1, 0.15) is 31.7 Å². The van der Waals surface area contributed by atoms with Gasteiger partial charge in [-0.1, -0.05) is 30.7 Å². The number of carbonyl (C=O) groups is 1. The first-order valence-corrected chi connectivity index (χ1v) is 12.7. The number of carbonyl (C=O) groups excluding carboxylic acids is 1. The van der Waals surface area contributed by atoms with Gasteiger partial charge in [0.2, 0.25) is 21.8 Å². The van der Waals surface area contributed by atoms with Gasteiger partial charge in [-0.2, -0.15) is 9.10 Å². The second kappa shape index (κ2) is 10.3. The van der Waals surface area contributed by atoms with Crippen LogP contribution in [-0.2, 0) is 21.4 Å². The van der Waals surface area contributed by atoms with E-state index in [9.17, 15) is 13.2 Å². The first kappa shape index (κ1) is 23.8. The van der Waals surface area contributed by atoms with Crippen molar-refractivity contribution in [2.24, 2.45) is 0 Å². The van der Waals surface area contributed by atoms with Crippen molar-refractivity contribution in [3.8, 4) is 17.1 Å². The van der Waals surface area contributed by atoms with Crippen LogP contribution in [0.3, 0.4) is 0 Å². The third-order valence-electron chi connectivity index (χ3n) is 5.58. The average molecular weight is 485 g/mol. The molecule has 0 bridgehead atoms. The zero-order valence-electron chi connectivity index (χ0n) is 19.3. The summed E-state index contributed by atoms with van der Waals surface area (Å²) in [6, 6.07) is 12.3. The van der Waals surface area contributed by atoms with Crippen LogP contribution < -0.4 is 10.1 Å². The summed E-state index contributed by atoms with van der Waals surface area (Å²) in [4.78, 5) is 13.9. The van der Waals surface area contributed by atoms with Gasteiger partial charge in [0.1, 0.15) is 17.2 Å². The fraction of sp³-hybridized carbons (Fsp3) is 0.391. The van der Waals surface area contributed by atoms with Crippen LogP contribution in [0.15, 0.2) is 47.4 Å². The van der Waals surface area contributed by atoms with E-state index in [1.807, 2.05) is 31.2 Å². The molecular formula is C23H28N6O4S. The quantitative estimate of drug-likeness (QED) is 0.522. The molecule has 1 aliphatic heterocycles. The van der Waals surface area contributed by atoms with E-state index in [1.165, 1.54) is 15.2 Å². The second-order valence-electron chi connectivity index (χ2n) is 8.07. The smallest absolute Gasteiger partial charge is 0.248 e. The standard InChI is InChI=1S/C23H28N6O4S/c1-3-33-20-12-11-18(15-21(20)34(31,32)28-13-7-4-8-14-28)24-22(30)16-29-26-23(25-27-29)19-10-6-5-9-17(19)2/h5-6,9-12,15H,3-4,7-8,13-14,16H2,1-2H3,(H,24,30). The third-order valence-corrected chi connectivity index (χ3v) is 7.50. The van der Waals surface area contributed by atoms with Crippen LogP contribution >= 0.6 is 0 Å². The number of rotatable bonds is 8. The fourth-order valence-electron chi connectivity index (χ4n) is 3.88. The molecule has 1 saturated heterocycles. The number of amides is 1. The Morgan fingerprint density at radius 1 is 1.12 bits per heavy atom. The minimum Gasteiger partial charge on any atom is -0.492 e. The van der Waals surface area contributed by atoms with Gasteiger partial charge in [0.25, 0.3) is 0 Å². The molecule has 0 unspecified atom stereocenters. The molecule has 3 aromatic rings. The molecule has 10 nitrogen and oxygen atoms in total. The summed E-state index contributed by atoms with van der Waals surface area (Å²) in [6.07, 6.45) is 2.67. The monoisotopic (exact) mass is 484 g/mol. The van der Waals surface area contributed by atoms with Gasteiger partial charge in [-0.25, -0.2) is 8.42 Å². The maximum absolute atomic E-state index is 13.3. The minimum atomic E-state index is -3.75. The summed E-state index contributed by atoms with van der Waals surface area (Å²) in [5.41, 5.74) is 2.19. The average Bonchev–Trinajstić information content (AvgIpc) is 3.29. The number of nitrogens with one attached hydrogen (secondary N) is 1. The van der Waals surface area contributed by atoms with E-state index in [1.54, 1.807) is 19.1 Å². The van der Waals surface area contributed by atoms with E-state index >= 15 is 0 Å². The summed E-state index contributed by atoms with van der Waals surface area (Å²) >= 11 is 0. The SMILES string of the molecule is CCOc1ccc(NC(=O)Cn2nnc(-c3ccccc3C)n2)cc1S(=O)(=O)N1CCCCC1. The summed E-state index contributed by atoms with van der Waals surface area (Å²) in [5, 5.41) is 15.0. The van der Waals surface area contributed by atoms with Crippen LogP contribution in [0, 0.1) is 6.92 Å². The lowest BCUT2D eigenvalue weighted by Gasteiger charge is -2.27. The van der Waals surface area contributed by atoms with Crippen molar-refractivity contribution in [1.29, 1.82) is 0 Å². The Kier molecular flexibility index (Phi) is 7.23. The number of aromatic nitrogens is 4. The Balaban J connectivity index is 1.51. The molecule has 4 rings (SSSR count). The van der Waals surface area contributed by atoms with E-state index in [0.29, 0.717) is 31.2 Å². The van der Waals surface area contributed by atoms with Crippen molar-refractivity contribution >= 4 is 21.6 Å². The number of aryl methyl sites for hydroxylation is 1. The number of ether oxygens (including phenoxy) is 1. The van der Waals surface area contributed by atoms with Gasteiger partial charge in [0, 0.05) is 24.3 Å². The molecule has 1 aromatic heterocycles. The number of nitrogens with zero attached hydrogens (tertiary/aromatic N) is 5. The number of anilines is 1. The van der Waals surface area contributed by atoms with Gasteiger partial charge in [-0.05, 0) is 55.7 Å². The molecule has 0 atom stereocenters. The molecule has 1 aliphatic rings. The van der Waals surface area contributed by atoms with E-state index < -0.39 is 15.9 Å². The van der Waals surface area contributed by atoms with Crippen molar-refractivity contribution in [2.45, 2.75) is 44.6 Å². The topological polar surface area (TPSA) is 119 Å². The molecular weight excluding hydrogens is 456 g/mol. The summed E-state index contributed by atoms with van der Waals surface area (Å²) in [7, 11) is -3.75. The van der Waals surface area contributed by atoms with Crippen molar-refractivity contribution in [3.05, 3.63) is 48.0 Å². The fourth-order valence-corrected chi connectivity index (χ4v) is 5.55. The third kappa shape index (κ3) is 5.26. The van der Waals surface area contributed by atoms with Crippen molar-refractivity contribution in [2.75, 3.05) is 25.0 Å². The van der Waals surface area contributed by atoms with Crippen LogP contribution in [0.4, 0.5) is 5.69 Å². The van der Waals surface area contributed by atoms with Gasteiger partial charge in [-0.15, -0.1) is 10.2 Å². The summed E-state index contributed by atoms with van der Waals surface area (Å²) < 4.78 is 33.6. The highest BCUT2D eigenvalue weighted by atomic mass is 32.2. The molecule has 0 radical (unpaired) electrons. The number of tetrazole rings is 1. The van der Waals surface area contributed by atoms with Crippen LogP contribution in [0.2, 0.25) is 0 Å². The molecule has 11 heteroatoms. The highest BCUT2D eigenvalue weighted by Gasteiger charge is 2.29. The molecule has 34 heavy (non-hydrogen) atoms. The lowest BCUT2D eigenvalue weighted by molar-refractivity contribution is -0.117. The molecule has 1 N–H and O–H groups in total. The number of sulfonamides is 1. The minimum absolute atomic E-state index is 0.0507. The Labute approximate surface area is 199 Å². The van der Waals surface area contributed by atoms with Crippen molar-refractivity contribution in [3.63, 3.8) is 0 Å². The highest BCUT2D eigenvalue weighted by Crippen LogP contribution is 2.31. The van der Waals surface area contributed by atoms with Crippen molar-refractivity contribution < 1.29 is 17.9 Å². The van der Waals surface area contributed by atoms with Crippen LogP contribution in [0.25, 0.3) is 11.4 Å². The molecule has 2 aromatic carbocycles. The number of benzene rings is 2. The second-order valence-corrected chi connectivity index (χ2v) is 9.97. The van der Waals surface area contributed by atoms with E-state index in [0.717, 1.165) is 30.4 Å². The van der Waals surface area contributed by atoms with Gasteiger partial charge in [0.15, 0.2) is 0 Å². The Morgan fingerprint density at radius 2 is 1.88 bits per heavy atom. The largest absolute Gasteiger partial charge is 0.492 e. The van der Waals surface area contributed by atoms with E-state index in [2.05, 4.69) is 20.7 Å². The number of piperidine rings is 1. The number of hydrogen-bond acceptors (Lipinski definition) is 7. The van der Waals surface area contributed by atoms with Crippen molar-refractivity contribution in [1.82, 2.24) is 24.5 Å². The zero-order chi connectivity index (χ0) is 24.1. The molecule has 1 amide bonds. The highest BCUT2D eigenvalue weighted by molar-refractivity contribution is 7.89. The maximum Gasteiger partial charge on any atom is 0.248 e. The predicted molar refractivity (Wildman–Crippen MR) is 127 cm³/mol. The van der Waals surface area contributed by atoms with Gasteiger partial charge in [0.05, 0.1) is 6.61 Å². The Morgan fingerprint density at radius 3 is 2.62 bits per heavy atom.